The summed E-state index contributed by atoms with van der Waals surface area (Å²) in [6, 6.07) is 20.1. The van der Waals surface area contributed by atoms with Crippen molar-refractivity contribution in [1.82, 2.24) is 5.48 Å². The van der Waals surface area contributed by atoms with Gasteiger partial charge in [0.25, 0.3) is 0 Å². The molecular formula is C16H17N3O. The first-order valence-corrected chi connectivity index (χ1v) is 6.74. The maximum Gasteiger partial charge on any atom is 0.202 e. The Kier molecular flexibility index (Phi) is 3.94. The van der Waals surface area contributed by atoms with E-state index in [0.717, 1.165) is 30.1 Å². The lowest BCUT2D eigenvalue weighted by Crippen LogP contribution is -2.20. The first-order valence-electron chi connectivity index (χ1n) is 6.74. The molecule has 0 aromatic heterocycles. The van der Waals surface area contributed by atoms with Crippen molar-refractivity contribution in [2.24, 2.45) is 4.99 Å². The average Bonchev–Trinajstić information content (AvgIpc) is 2.98. The van der Waals surface area contributed by atoms with Gasteiger partial charge in [-0.25, -0.2) is 9.83 Å². The van der Waals surface area contributed by atoms with Crippen molar-refractivity contribution in [3.63, 3.8) is 0 Å². The number of amidine groups is 1. The Morgan fingerprint density at radius 1 is 1.00 bits per heavy atom. The van der Waals surface area contributed by atoms with Crippen LogP contribution in [0.3, 0.4) is 0 Å². The molecule has 0 bridgehead atoms. The Balaban J connectivity index is 1.52. The quantitative estimate of drug-likeness (QED) is 0.875. The summed E-state index contributed by atoms with van der Waals surface area (Å²) < 4.78 is 0. The van der Waals surface area contributed by atoms with Crippen LogP contribution in [0.1, 0.15) is 18.2 Å². The minimum Gasteiger partial charge on any atom is -0.385 e. The highest BCUT2D eigenvalue weighted by Crippen LogP contribution is 2.21. The van der Waals surface area contributed by atoms with Crippen LogP contribution in [-0.4, -0.2) is 12.4 Å². The summed E-state index contributed by atoms with van der Waals surface area (Å²) >= 11 is 0. The van der Waals surface area contributed by atoms with E-state index in [-0.39, 0.29) is 6.23 Å². The van der Waals surface area contributed by atoms with E-state index < -0.39 is 0 Å². The van der Waals surface area contributed by atoms with Crippen LogP contribution in [0, 0.1) is 0 Å². The third-order valence-corrected chi connectivity index (χ3v) is 3.11. The second-order valence-electron chi connectivity index (χ2n) is 4.60. The number of nitrogens with one attached hydrogen (secondary N) is 2. The molecule has 4 heteroatoms. The van der Waals surface area contributed by atoms with E-state index in [0.29, 0.717) is 0 Å². The van der Waals surface area contributed by atoms with Crippen molar-refractivity contribution in [1.29, 1.82) is 0 Å². The van der Waals surface area contributed by atoms with Crippen LogP contribution in [0.5, 0.6) is 0 Å². The fourth-order valence-electron chi connectivity index (χ4n) is 2.08. The number of hydrogen-bond acceptors (Lipinski definition) is 4. The first kappa shape index (κ1) is 12.7. The van der Waals surface area contributed by atoms with Gasteiger partial charge in [-0.15, -0.1) is 0 Å². The van der Waals surface area contributed by atoms with Crippen molar-refractivity contribution in [2.45, 2.75) is 12.6 Å². The predicted octanol–water partition coefficient (Wildman–Crippen LogP) is 3.12. The van der Waals surface area contributed by atoms with Crippen LogP contribution in [0.25, 0.3) is 0 Å². The Labute approximate surface area is 118 Å². The van der Waals surface area contributed by atoms with Gasteiger partial charge < -0.3 is 5.32 Å². The smallest absolute Gasteiger partial charge is 0.202 e. The Morgan fingerprint density at radius 2 is 1.70 bits per heavy atom. The molecule has 2 aromatic carbocycles. The van der Waals surface area contributed by atoms with Crippen LogP contribution in [0.2, 0.25) is 0 Å². The van der Waals surface area contributed by atoms with E-state index in [1.165, 1.54) is 0 Å². The number of benzene rings is 2. The minimum absolute atomic E-state index is 0.233. The Bertz CT molecular complexity index is 569. The van der Waals surface area contributed by atoms with Crippen molar-refractivity contribution < 1.29 is 4.84 Å². The van der Waals surface area contributed by atoms with Gasteiger partial charge in [-0.2, -0.15) is 0 Å². The number of rotatable bonds is 5. The van der Waals surface area contributed by atoms with E-state index in [1.54, 1.807) is 0 Å². The van der Waals surface area contributed by atoms with E-state index in [1.807, 2.05) is 60.7 Å². The first-order chi connectivity index (χ1) is 9.92. The highest BCUT2D eigenvalue weighted by Gasteiger charge is 2.18. The summed E-state index contributed by atoms with van der Waals surface area (Å²) in [5.74, 6) is 0.877. The average molecular weight is 267 g/mol. The largest absolute Gasteiger partial charge is 0.385 e. The Hall–Kier alpha value is -2.33. The summed E-state index contributed by atoms with van der Waals surface area (Å²) in [6.07, 6.45) is 0.570. The molecule has 4 nitrogen and oxygen atoms in total. The molecule has 3 rings (SSSR count). The molecule has 0 saturated heterocycles. The van der Waals surface area contributed by atoms with Crippen molar-refractivity contribution >= 4 is 11.5 Å². The van der Waals surface area contributed by atoms with Gasteiger partial charge in [0.1, 0.15) is 5.84 Å². The van der Waals surface area contributed by atoms with Crippen LogP contribution < -0.4 is 10.8 Å². The molecular weight excluding hydrogens is 250 g/mol. The highest BCUT2D eigenvalue weighted by atomic mass is 16.7. The Morgan fingerprint density at radius 3 is 2.45 bits per heavy atom. The molecule has 102 valence electrons. The van der Waals surface area contributed by atoms with Gasteiger partial charge in [0.2, 0.25) is 6.23 Å². The van der Waals surface area contributed by atoms with Crippen molar-refractivity contribution in [3.05, 3.63) is 66.2 Å². The second kappa shape index (κ2) is 6.21. The van der Waals surface area contributed by atoms with Gasteiger partial charge in [0.15, 0.2) is 0 Å². The van der Waals surface area contributed by atoms with E-state index in [4.69, 9.17) is 4.84 Å². The summed E-state index contributed by atoms with van der Waals surface area (Å²) in [5, 5.41) is 3.35. The topological polar surface area (TPSA) is 45.7 Å². The van der Waals surface area contributed by atoms with E-state index in [2.05, 4.69) is 15.8 Å². The highest BCUT2D eigenvalue weighted by molar-refractivity contribution is 5.82. The van der Waals surface area contributed by atoms with E-state index in [9.17, 15) is 0 Å². The normalized spacial score (nSPS) is 17.4. The van der Waals surface area contributed by atoms with Gasteiger partial charge >= 0.3 is 0 Å². The standard InChI is InChI=1S/C16H17N3O/c1-3-7-13(8-4-1)16-18-15(19-20-16)11-12-17-14-9-5-2-6-10-14/h1-10,16-17H,11-12H2,(H,18,19). The molecule has 1 heterocycles. The lowest BCUT2D eigenvalue weighted by atomic mass is 10.2. The fraction of sp³-hybridized carbons (Fsp3) is 0.188. The third kappa shape index (κ3) is 3.16. The summed E-state index contributed by atoms with van der Waals surface area (Å²) in [6.45, 7) is 0.820. The lowest BCUT2D eigenvalue weighted by Gasteiger charge is -2.05. The fourth-order valence-corrected chi connectivity index (χ4v) is 2.08. The molecule has 0 fully saturated rings. The molecule has 0 aliphatic carbocycles. The monoisotopic (exact) mass is 267 g/mol. The maximum absolute atomic E-state index is 5.47. The van der Waals surface area contributed by atoms with Gasteiger partial charge in [-0.3, -0.25) is 5.48 Å². The summed E-state index contributed by atoms with van der Waals surface area (Å²) in [5.41, 5.74) is 5.08. The molecule has 0 radical (unpaired) electrons. The number of hydrogen-bond donors (Lipinski definition) is 2. The molecule has 2 aromatic rings. The molecule has 1 unspecified atom stereocenters. The van der Waals surface area contributed by atoms with Crippen LogP contribution in [0.4, 0.5) is 5.69 Å². The number of nitrogens with zero attached hydrogens (tertiary/aromatic N) is 1. The third-order valence-electron chi connectivity index (χ3n) is 3.11. The van der Waals surface area contributed by atoms with Crippen LogP contribution >= 0.6 is 0 Å². The minimum atomic E-state index is -0.233. The molecule has 0 amide bonds. The predicted molar refractivity (Wildman–Crippen MR) is 80.4 cm³/mol. The van der Waals surface area contributed by atoms with Crippen LogP contribution in [0.15, 0.2) is 65.7 Å². The summed E-state index contributed by atoms with van der Waals surface area (Å²) in [7, 11) is 0. The number of hydroxylamine groups is 1. The zero-order chi connectivity index (χ0) is 13.6. The van der Waals surface area contributed by atoms with Crippen molar-refractivity contribution in [3.8, 4) is 0 Å². The number of para-hydroxylation sites is 1. The molecule has 1 aliphatic rings. The molecule has 0 saturated carbocycles. The van der Waals surface area contributed by atoms with Gasteiger partial charge in [0.05, 0.1) is 0 Å². The second-order valence-corrected chi connectivity index (χ2v) is 4.60. The van der Waals surface area contributed by atoms with E-state index >= 15 is 0 Å². The van der Waals surface area contributed by atoms with Crippen LogP contribution in [-0.2, 0) is 4.84 Å². The zero-order valence-corrected chi connectivity index (χ0v) is 11.1. The van der Waals surface area contributed by atoms with Gasteiger partial charge in [0, 0.05) is 24.2 Å². The zero-order valence-electron chi connectivity index (χ0n) is 11.1. The molecule has 20 heavy (non-hydrogen) atoms. The molecule has 1 atom stereocenters. The molecule has 1 aliphatic heterocycles. The molecule has 0 spiro atoms. The van der Waals surface area contributed by atoms with Gasteiger partial charge in [-0.05, 0) is 12.1 Å². The summed E-state index contributed by atoms with van der Waals surface area (Å²) in [4.78, 5) is 10.0. The number of aliphatic imine (C=N–C) groups is 1. The van der Waals surface area contributed by atoms with Gasteiger partial charge in [-0.1, -0.05) is 48.5 Å². The number of anilines is 1. The SMILES string of the molecule is c1ccc(NCCC2=NC(c3ccccc3)ON2)cc1. The van der Waals surface area contributed by atoms with Crippen molar-refractivity contribution in [2.75, 3.05) is 11.9 Å². The maximum atomic E-state index is 5.47. The lowest BCUT2D eigenvalue weighted by molar-refractivity contribution is 0.0371. The molecule has 2 N–H and O–H groups in total.